The molecule has 16 heavy (non-hydrogen) atoms. The van der Waals surface area contributed by atoms with Crippen molar-refractivity contribution in [2.75, 3.05) is 7.11 Å². The van der Waals surface area contributed by atoms with Crippen LogP contribution in [0.3, 0.4) is 0 Å². The highest BCUT2D eigenvalue weighted by molar-refractivity contribution is 7.98. The van der Waals surface area contributed by atoms with Crippen LogP contribution in [-0.2, 0) is 5.75 Å². The molecular formula is C13H13NOS. The predicted octanol–water partition coefficient (Wildman–Crippen LogP) is 3.38. The summed E-state index contributed by atoms with van der Waals surface area (Å²) in [7, 11) is 1.69. The molecule has 0 radical (unpaired) electrons. The largest absolute Gasteiger partial charge is 0.496 e. The number of aromatic nitrogens is 1. The molecule has 0 saturated carbocycles. The molecule has 1 aromatic carbocycles. The zero-order chi connectivity index (χ0) is 11.2. The third-order valence-corrected chi connectivity index (χ3v) is 3.26. The summed E-state index contributed by atoms with van der Waals surface area (Å²) in [5, 5.41) is 0. The molecule has 1 heterocycles. The molecule has 0 N–H and O–H groups in total. The third kappa shape index (κ3) is 2.76. The minimum Gasteiger partial charge on any atom is -0.496 e. The Kier molecular flexibility index (Phi) is 3.83. The number of hydrogen-bond donors (Lipinski definition) is 0. The van der Waals surface area contributed by atoms with Crippen molar-refractivity contribution in [3.63, 3.8) is 0 Å². The van der Waals surface area contributed by atoms with Gasteiger partial charge in [0, 0.05) is 16.8 Å². The maximum absolute atomic E-state index is 5.29. The van der Waals surface area contributed by atoms with Gasteiger partial charge in [-0.15, -0.1) is 11.8 Å². The van der Waals surface area contributed by atoms with Gasteiger partial charge >= 0.3 is 0 Å². The van der Waals surface area contributed by atoms with E-state index in [0.29, 0.717) is 0 Å². The van der Waals surface area contributed by atoms with Gasteiger partial charge in [-0.25, -0.2) is 0 Å². The van der Waals surface area contributed by atoms with E-state index in [2.05, 4.69) is 11.1 Å². The Balaban J connectivity index is 2.05. The standard InChI is InChI=1S/C13H13NOS/c1-15-12-7-2-3-8-13(12)16-10-11-6-4-5-9-14-11/h2-9H,10H2,1H3. The van der Waals surface area contributed by atoms with E-state index in [9.17, 15) is 0 Å². The first-order valence-electron chi connectivity index (χ1n) is 5.06. The molecule has 0 aliphatic carbocycles. The zero-order valence-corrected chi connectivity index (χ0v) is 9.91. The van der Waals surface area contributed by atoms with Crippen LogP contribution < -0.4 is 4.74 Å². The topological polar surface area (TPSA) is 22.1 Å². The Hall–Kier alpha value is -1.48. The van der Waals surface area contributed by atoms with Gasteiger partial charge < -0.3 is 4.74 Å². The van der Waals surface area contributed by atoms with Crippen LogP contribution in [0.5, 0.6) is 5.75 Å². The lowest BCUT2D eigenvalue weighted by atomic mass is 10.3. The summed E-state index contributed by atoms with van der Waals surface area (Å²) in [6.07, 6.45) is 1.82. The molecular weight excluding hydrogens is 218 g/mol. The van der Waals surface area contributed by atoms with E-state index in [0.717, 1.165) is 22.1 Å². The van der Waals surface area contributed by atoms with Crippen LogP contribution >= 0.6 is 11.8 Å². The van der Waals surface area contributed by atoms with Gasteiger partial charge in [-0.3, -0.25) is 4.98 Å². The highest BCUT2D eigenvalue weighted by Gasteiger charge is 2.02. The van der Waals surface area contributed by atoms with E-state index in [-0.39, 0.29) is 0 Å². The summed E-state index contributed by atoms with van der Waals surface area (Å²) in [6.45, 7) is 0. The van der Waals surface area contributed by atoms with Crippen LogP contribution in [0.2, 0.25) is 0 Å². The normalized spacial score (nSPS) is 10.1. The second kappa shape index (κ2) is 5.56. The fraction of sp³-hybridized carbons (Fsp3) is 0.154. The number of rotatable bonds is 4. The molecule has 82 valence electrons. The molecule has 0 bridgehead atoms. The molecule has 0 unspecified atom stereocenters. The van der Waals surface area contributed by atoms with Crippen molar-refractivity contribution >= 4 is 11.8 Å². The Bertz CT molecular complexity index is 445. The average Bonchev–Trinajstić information content (AvgIpc) is 2.38. The van der Waals surface area contributed by atoms with Crippen LogP contribution in [0.4, 0.5) is 0 Å². The van der Waals surface area contributed by atoms with Gasteiger partial charge in [0.2, 0.25) is 0 Å². The van der Waals surface area contributed by atoms with Gasteiger partial charge in [-0.05, 0) is 24.3 Å². The molecule has 0 aliphatic rings. The minimum absolute atomic E-state index is 0.862. The van der Waals surface area contributed by atoms with Crippen LogP contribution in [0, 0.1) is 0 Å². The van der Waals surface area contributed by atoms with Crippen molar-refractivity contribution in [2.45, 2.75) is 10.6 Å². The average molecular weight is 231 g/mol. The molecule has 2 aromatic rings. The molecule has 3 heteroatoms. The highest BCUT2D eigenvalue weighted by Crippen LogP contribution is 2.30. The fourth-order valence-electron chi connectivity index (χ4n) is 1.37. The number of hydrogen-bond acceptors (Lipinski definition) is 3. The number of ether oxygens (including phenoxy) is 1. The van der Waals surface area contributed by atoms with Gasteiger partial charge in [0.25, 0.3) is 0 Å². The van der Waals surface area contributed by atoms with Crippen molar-refractivity contribution in [2.24, 2.45) is 0 Å². The van der Waals surface area contributed by atoms with E-state index >= 15 is 0 Å². The molecule has 0 amide bonds. The SMILES string of the molecule is COc1ccccc1SCc1ccccn1. The molecule has 0 aliphatic heterocycles. The molecule has 1 aromatic heterocycles. The van der Waals surface area contributed by atoms with E-state index in [1.54, 1.807) is 18.9 Å². The summed E-state index contributed by atoms with van der Waals surface area (Å²) < 4.78 is 5.29. The number of para-hydroxylation sites is 1. The van der Waals surface area contributed by atoms with Crippen molar-refractivity contribution in [3.8, 4) is 5.75 Å². The summed E-state index contributed by atoms with van der Waals surface area (Å²) in [5.41, 5.74) is 1.08. The van der Waals surface area contributed by atoms with Gasteiger partial charge in [-0.1, -0.05) is 18.2 Å². The van der Waals surface area contributed by atoms with Crippen molar-refractivity contribution in [3.05, 3.63) is 54.4 Å². The molecule has 0 atom stereocenters. The van der Waals surface area contributed by atoms with Gasteiger partial charge in [0.05, 0.1) is 12.8 Å². The Morgan fingerprint density at radius 2 is 1.94 bits per heavy atom. The van der Waals surface area contributed by atoms with E-state index in [4.69, 9.17) is 4.74 Å². The van der Waals surface area contributed by atoms with Crippen molar-refractivity contribution in [1.82, 2.24) is 4.98 Å². The number of benzene rings is 1. The van der Waals surface area contributed by atoms with Crippen LogP contribution in [0.25, 0.3) is 0 Å². The summed E-state index contributed by atoms with van der Waals surface area (Å²) in [6, 6.07) is 14.0. The van der Waals surface area contributed by atoms with E-state index in [1.165, 1.54) is 0 Å². The second-order valence-corrected chi connectivity index (χ2v) is 4.28. The lowest BCUT2D eigenvalue weighted by molar-refractivity contribution is 0.405. The van der Waals surface area contributed by atoms with Crippen LogP contribution in [0.1, 0.15) is 5.69 Å². The number of nitrogens with zero attached hydrogens (tertiary/aromatic N) is 1. The van der Waals surface area contributed by atoms with Crippen molar-refractivity contribution < 1.29 is 4.74 Å². The molecule has 0 spiro atoms. The molecule has 0 saturated heterocycles. The third-order valence-electron chi connectivity index (χ3n) is 2.17. The van der Waals surface area contributed by atoms with Gasteiger partial charge in [0.1, 0.15) is 5.75 Å². The summed E-state index contributed by atoms with van der Waals surface area (Å²) in [5.74, 6) is 1.78. The smallest absolute Gasteiger partial charge is 0.132 e. The highest BCUT2D eigenvalue weighted by atomic mass is 32.2. The summed E-state index contributed by atoms with van der Waals surface area (Å²) >= 11 is 1.74. The van der Waals surface area contributed by atoms with Crippen molar-refractivity contribution in [1.29, 1.82) is 0 Å². The van der Waals surface area contributed by atoms with E-state index in [1.807, 2.05) is 42.6 Å². The number of methoxy groups -OCH3 is 1. The first-order chi connectivity index (χ1) is 7.90. The lowest BCUT2D eigenvalue weighted by Crippen LogP contribution is -1.88. The predicted molar refractivity (Wildman–Crippen MR) is 66.8 cm³/mol. The second-order valence-electron chi connectivity index (χ2n) is 3.26. The lowest BCUT2D eigenvalue weighted by Gasteiger charge is -2.06. The number of thioether (sulfide) groups is 1. The first-order valence-corrected chi connectivity index (χ1v) is 6.04. The molecule has 2 rings (SSSR count). The van der Waals surface area contributed by atoms with Crippen LogP contribution in [-0.4, -0.2) is 12.1 Å². The zero-order valence-electron chi connectivity index (χ0n) is 9.09. The molecule has 2 nitrogen and oxygen atoms in total. The summed E-state index contributed by atoms with van der Waals surface area (Å²) in [4.78, 5) is 5.44. The molecule has 0 fully saturated rings. The Morgan fingerprint density at radius 1 is 1.12 bits per heavy atom. The fourth-order valence-corrected chi connectivity index (χ4v) is 2.32. The van der Waals surface area contributed by atoms with E-state index < -0.39 is 0 Å². The quantitative estimate of drug-likeness (QED) is 0.753. The maximum Gasteiger partial charge on any atom is 0.132 e. The van der Waals surface area contributed by atoms with Gasteiger partial charge in [0.15, 0.2) is 0 Å². The Morgan fingerprint density at radius 3 is 2.69 bits per heavy atom. The number of pyridine rings is 1. The van der Waals surface area contributed by atoms with Crippen LogP contribution in [0.15, 0.2) is 53.6 Å². The monoisotopic (exact) mass is 231 g/mol. The Labute approximate surface area is 99.7 Å². The first kappa shape index (κ1) is 11.0. The van der Waals surface area contributed by atoms with Gasteiger partial charge in [-0.2, -0.15) is 0 Å². The maximum atomic E-state index is 5.29. The minimum atomic E-state index is 0.862.